The van der Waals surface area contributed by atoms with E-state index in [4.69, 9.17) is 0 Å². The number of rotatable bonds is 0. The number of fused-ring (bicyclic) bond motifs is 2. The van der Waals surface area contributed by atoms with Crippen LogP contribution >= 0.6 is 11.3 Å². The van der Waals surface area contributed by atoms with Gasteiger partial charge in [-0.15, -0.1) is 11.3 Å². The Morgan fingerprint density at radius 1 is 1.00 bits per heavy atom. The van der Waals surface area contributed by atoms with Gasteiger partial charge in [-0.05, 0) is 53.6 Å². The predicted molar refractivity (Wildman–Crippen MR) is 93.4 cm³/mol. The average Bonchev–Trinajstić information content (AvgIpc) is 3.02. The molecule has 1 aromatic heterocycles. The lowest BCUT2D eigenvalue weighted by Crippen LogP contribution is -2.27. The molecule has 120 valence electrons. The Morgan fingerprint density at radius 3 is 2.52 bits per heavy atom. The van der Waals surface area contributed by atoms with Crippen molar-refractivity contribution in [2.75, 3.05) is 20.1 Å². The summed E-state index contributed by atoms with van der Waals surface area (Å²) in [6, 6.07) is 10.1. The third kappa shape index (κ3) is 2.46. The molecule has 0 amide bonds. The van der Waals surface area contributed by atoms with Crippen LogP contribution in [0.4, 0.5) is 0 Å². The molecule has 2 N–H and O–H groups in total. The summed E-state index contributed by atoms with van der Waals surface area (Å²) in [4.78, 5) is 3.24. The molecule has 23 heavy (non-hydrogen) atoms. The average molecular weight is 327 g/mol. The molecule has 1 aliphatic heterocycles. The van der Waals surface area contributed by atoms with Crippen LogP contribution in [0.5, 0.6) is 0 Å². The van der Waals surface area contributed by atoms with Crippen molar-refractivity contribution in [1.82, 2.24) is 4.90 Å². The second kappa shape index (κ2) is 5.87. The van der Waals surface area contributed by atoms with Gasteiger partial charge in [-0.2, -0.15) is 0 Å². The number of piperidine rings is 1. The van der Waals surface area contributed by atoms with E-state index in [2.05, 4.69) is 24.1 Å². The summed E-state index contributed by atoms with van der Waals surface area (Å²) in [6.45, 7) is 2.12. The molecule has 2 atom stereocenters. The molecule has 3 nitrogen and oxygen atoms in total. The van der Waals surface area contributed by atoms with Crippen LogP contribution in [0, 0.1) is 0 Å². The molecular weight excluding hydrogens is 306 g/mol. The Morgan fingerprint density at radius 2 is 1.74 bits per heavy atom. The highest BCUT2D eigenvalue weighted by atomic mass is 32.1. The summed E-state index contributed by atoms with van der Waals surface area (Å²) in [7, 11) is 2.16. The van der Waals surface area contributed by atoms with Crippen LogP contribution < -0.4 is 0 Å². The summed E-state index contributed by atoms with van der Waals surface area (Å²) in [6.07, 6.45) is 0.368. The lowest BCUT2D eigenvalue weighted by atomic mass is 9.87. The van der Waals surface area contributed by atoms with Crippen LogP contribution in [0.25, 0.3) is 5.57 Å². The molecule has 4 rings (SSSR count). The molecule has 2 unspecified atom stereocenters. The van der Waals surface area contributed by atoms with E-state index < -0.39 is 12.2 Å². The maximum absolute atomic E-state index is 10.7. The zero-order valence-corrected chi connectivity index (χ0v) is 14.0. The van der Waals surface area contributed by atoms with Gasteiger partial charge >= 0.3 is 0 Å². The van der Waals surface area contributed by atoms with E-state index in [1.54, 1.807) is 0 Å². The van der Waals surface area contributed by atoms with Gasteiger partial charge in [0.25, 0.3) is 0 Å². The molecule has 1 fully saturated rings. The summed E-state index contributed by atoms with van der Waals surface area (Å²) < 4.78 is 0. The minimum absolute atomic E-state index is 0.838. The molecule has 1 saturated heterocycles. The molecule has 1 aliphatic carbocycles. The van der Waals surface area contributed by atoms with Crippen LogP contribution in [0.2, 0.25) is 0 Å². The van der Waals surface area contributed by atoms with Gasteiger partial charge < -0.3 is 15.1 Å². The minimum Gasteiger partial charge on any atom is -0.385 e. The van der Waals surface area contributed by atoms with Crippen molar-refractivity contribution in [3.8, 4) is 0 Å². The second-order valence-electron chi connectivity index (χ2n) is 6.46. The van der Waals surface area contributed by atoms with E-state index in [9.17, 15) is 10.2 Å². The molecule has 0 spiro atoms. The molecular formula is C19H21NO2S. The summed E-state index contributed by atoms with van der Waals surface area (Å²) in [5.41, 5.74) is 5.70. The SMILES string of the molecule is CN1CCC(=C2c3ccccc3C(O)C(O)c3sccc32)CC1. The lowest BCUT2D eigenvalue weighted by Gasteiger charge is -2.27. The lowest BCUT2D eigenvalue weighted by molar-refractivity contribution is 0.0199. The zero-order chi connectivity index (χ0) is 16.0. The van der Waals surface area contributed by atoms with E-state index in [0.717, 1.165) is 47.5 Å². The Labute approximate surface area is 140 Å². The number of likely N-dealkylation sites (tertiary alicyclic amines) is 1. The first-order valence-electron chi connectivity index (χ1n) is 8.10. The number of aliphatic hydroxyl groups excluding tert-OH is 2. The molecule has 0 saturated carbocycles. The normalized spacial score (nSPS) is 25.0. The first-order chi connectivity index (χ1) is 11.2. The Bertz CT molecular complexity index is 754. The van der Waals surface area contributed by atoms with Gasteiger partial charge in [0.15, 0.2) is 0 Å². The van der Waals surface area contributed by atoms with E-state index in [0.29, 0.717) is 0 Å². The molecule has 0 radical (unpaired) electrons. The topological polar surface area (TPSA) is 43.7 Å². The molecule has 0 bridgehead atoms. The van der Waals surface area contributed by atoms with Crippen LogP contribution in [0.3, 0.4) is 0 Å². The fourth-order valence-electron chi connectivity index (χ4n) is 3.72. The number of benzene rings is 1. The summed E-state index contributed by atoms with van der Waals surface area (Å²) in [5, 5.41) is 23.3. The van der Waals surface area contributed by atoms with Crippen molar-refractivity contribution in [3.63, 3.8) is 0 Å². The number of hydrogen-bond donors (Lipinski definition) is 2. The van der Waals surface area contributed by atoms with Crippen molar-refractivity contribution in [1.29, 1.82) is 0 Å². The third-order valence-electron chi connectivity index (χ3n) is 5.03. The highest BCUT2D eigenvalue weighted by molar-refractivity contribution is 7.10. The number of nitrogens with zero attached hydrogens (tertiary/aromatic N) is 1. The first kappa shape index (κ1) is 15.1. The highest BCUT2D eigenvalue weighted by Gasteiger charge is 2.33. The minimum atomic E-state index is -0.868. The predicted octanol–water partition coefficient (Wildman–Crippen LogP) is 3.36. The molecule has 2 aromatic rings. The van der Waals surface area contributed by atoms with Crippen molar-refractivity contribution in [2.24, 2.45) is 0 Å². The van der Waals surface area contributed by atoms with Gasteiger partial charge in [0, 0.05) is 18.0 Å². The molecule has 4 heteroatoms. The monoisotopic (exact) mass is 327 g/mol. The number of hydrogen-bond acceptors (Lipinski definition) is 4. The zero-order valence-electron chi connectivity index (χ0n) is 13.2. The van der Waals surface area contributed by atoms with Crippen LogP contribution in [-0.2, 0) is 0 Å². The molecule has 2 heterocycles. The second-order valence-corrected chi connectivity index (χ2v) is 7.40. The van der Waals surface area contributed by atoms with Crippen molar-refractivity contribution < 1.29 is 10.2 Å². The van der Waals surface area contributed by atoms with E-state index in [1.165, 1.54) is 22.5 Å². The van der Waals surface area contributed by atoms with Gasteiger partial charge in [-0.1, -0.05) is 29.8 Å². The van der Waals surface area contributed by atoms with Crippen molar-refractivity contribution in [3.05, 3.63) is 62.9 Å². The van der Waals surface area contributed by atoms with Crippen LogP contribution in [-0.4, -0.2) is 35.3 Å². The maximum atomic E-state index is 10.7. The largest absolute Gasteiger partial charge is 0.385 e. The van der Waals surface area contributed by atoms with Gasteiger partial charge in [-0.3, -0.25) is 0 Å². The van der Waals surface area contributed by atoms with Crippen molar-refractivity contribution >= 4 is 16.9 Å². The highest BCUT2D eigenvalue weighted by Crippen LogP contribution is 2.47. The third-order valence-corrected chi connectivity index (χ3v) is 6.01. The maximum Gasteiger partial charge on any atom is 0.119 e. The van der Waals surface area contributed by atoms with Gasteiger partial charge in [0.1, 0.15) is 12.2 Å². The Hall–Kier alpha value is -1.46. The van der Waals surface area contributed by atoms with Crippen LogP contribution in [0.1, 0.15) is 46.6 Å². The fraction of sp³-hybridized carbons (Fsp3) is 0.368. The molecule has 2 aliphatic rings. The Kier molecular flexibility index (Phi) is 3.85. The molecule has 1 aromatic carbocycles. The Balaban J connectivity index is 1.97. The van der Waals surface area contributed by atoms with Gasteiger partial charge in [-0.25, -0.2) is 0 Å². The van der Waals surface area contributed by atoms with E-state index in [-0.39, 0.29) is 0 Å². The van der Waals surface area contributed by atoms with Gasteiger partial charge in [0.2, 0.25) is 0 Å². The summed E-state index contributed by atoms with van der Waals surface area (Å²) >= 11 is 1.53. The number of aliphatic hydroxyl groups is 2. The van der Waals surface area contributed by atoms with E-state index >= 15 is 0 Å². The van der Waals surface area contributed by atoms with Crippen molar-refractivity contribution in [2.45, 2.75) is 25.0 Å². The van der Waals surface area contributed by atoms with Crippen LogP contribution in [0.15, 0.2) is 41.3 Å². The quantitative estimate of drug-likeness (QED) is 0.780. The van der Waals surface area contributed by atoms with E-state index in [1.807, 2.05) is 23.6 Å². The summed E-state index contributed by atoms with van der Waals surface area (Å²) in [5.74, 6) is 0. The smallest absolute Gasteiger partial charge is 0.119 e. The fourth-order valence-corrected chi connectivity index (χ4v) is 4.63. The first-order valence-corrected chi connectivity index (χ1v) is 8.98. The number of thiophene rings is 1. The standard InChI is InChI=1S/C19H21NO2S/c1-20-9-6-12(7-10-20)16-13-4-2-3-5-14(13)17(21)18(22)19-15(16)8-11-23-19/h2-5,8,11,17-18,21-22H,6-7,9-10H2,1H3. The van der Waals surface area contributed by atoms with Gasteiger partial charge in [0.05, 0.1) is 0 Å².